The van der Waals surface area contributed by atoms with Crippen LogP contribution in [0.15, 0.2) is 54.6 Å². The summed E-state index contributed by atoms with van der Waals surface area (Å²) in [5.41, 5.74) is -3.81. The third-order valence-electron chi connectivity index (χ3n) is 6.73. The standard InChI is InChI=1S/C29H30F5NO4/c1-4-6-15-28(5-2,26(37)38)35-25(36)22-14-12-18-9-7-8-10-21(18)24(22)39-17-19-11-13-20(29(32,33)34)16-23(19)27(3,30)31/h7-14,16H,4-6,15,17H2,1-3H3,(H,35,36)(H,37,38). The van der Waals surface area contributed by atoms with Gasteiger partial charge in [0, 0.05) is 17.9 Å². The number of alkyl halides is 5. The van der Waals surface area contributed by atoms with Crippen molar-refractivity contribution in [1.82, 2.24) is 5.32 Å². The zero-order valence-corrected chi connectivity index (χ0v) is 21.8. The molecule has 3 rings (SSSR count). The van der Waals surface area contributed by atoms with Gasteiger partial charge in [-0.05, 0) is 42.0 Å². The molecule has 0 heterocycles. The van der Waals surface area contributed by atoms with Gasteiger partial charge in [0.15, 0.2) is 0 Å². The Labute approximate surface area is 223 Å². The molecule has 1 atom stereocenters. The summed E-state index contributed by atoms with van der Waals surface area (Å²) in [7, 11) is 0. The molecule has 1 amide bonds. The quantitative estimate of drug-likeness (QED) is 0.240. The molecule has 0 aliphatic heterocycles. The first-order valence-corrected chi connectivity index (χ1v) is 12.5. The normalized spacial score (nSPS) is 13.6. The number of ether oxygens (including phenoxy) is 1. The number of aliphatic carboxylic acids is 1. The summed E-state index contributed by atoms with van der Waals surface area (Å²) in [6, 6.07) is 11.9. The first-order chi connectivity index (χ1) is 18.2. The first kappa shape index (κ1) is 29.9. The van der Waals surface area contributed by atoms with Gasteiger partial charge in [-0.25, -0.2) is 13.6 Å². The van der Waals surface area contributed by atoms with E-state index in [0.717, 1.165) is 6.07 Å². The minimum atomic E-state index is -4.81. The van der Waals surface area contributed by atoms with Crippen molar-refractivity contribution in [3.05, 3.63) is 76.9 Å². The van der Waals surface area contributed by atoms with E-state index in [1.165, 1.54) is 6.07 Å². The van der Waals surface area contributed by atoms with Gasteiger partial charge in [-0.15, -0.1) is 0 Å². The highest BCUT2D eigenvalue weighted by atomic mass is 19.4. The maximum absolute atomic E-state index is 14.3. The molecule has 0 radical (unpaired) electrons. The van der Waals surface area contributed by atoms with Gasteiger partial charge in [0.25, 0.3) is 11.8 Å². The van der Waals surface area contributed by atoms with Gasteiger partial charge in [0.1, 0.15) is 17.9 Å². The lowest BCUT2D eigenvalue weighted by atomic mass is 9.89. The largest absolute Gasteiger partial charge is 0.487 e. The molecular formula is C29H30F5NO4. The van der Waals surface area contributed by atoms with Gasteiger partial charge in [0.05, 0.1) is 11.1 Å². The minimum Gasteiger partial charge on any atom is -0.487 e. The van der Waals surface area contributed by atoms with Crippen molar-refractivity contribution in [2.24, 2.45) is 0 Å². The number of carbonyl (C=O) groups is 2. The fourth-order valence-corrected chi connectivity index (χ4v) is 4.42. The van der Waals surface area contributed by atoms with Gasteiger partial charge in [-0.2, -0.15) is 13.2 Å². The smallest absolute Gasteiger partial charge is 0.416 e. The highest BCUT2D eigenvalue weighted by Crippen LogP contribution is 2.38. The Hall–Kier alpha value is -3.69. The average Bonchev–Trinajstić information content (AvgIpc) is 2.88. The number of fused-ring (bicyclic) bond motifs is 1. The van der Waals surface area contributed by atoms with Crippen molar-refractivity contribution in [3.8, 4) is 5.75 Å². The molecule has 0 fully saturated rings. The van der Waals surface area contributed by atoms with Crippen LogP contribution in [0.3, 0.4) is 0 Å². The van der Waals surface area contributed by atoms with Gasteiger partial charge in [-0.3, -0.25) is 4.79 Å². The van der Waals surface area contributed by atoms with Crippen LogP contribution in [-0.4, -0.2) is 22.5 Å². The van der Waals surface area contributed by atoms with Gasteiger partial charge < -0.3 is 15.2 Å². The summed E-state index contributed by atoms with van der Waals surface area (Å²) in [4.78, 5) is 25.6. The maximum atomic E-state index is 14.3. The number of rotatable bonds is 11. The van der Waals surface area contributed by atoms with Crippen LogP contribution in [0.4, 0.5) is 22.0 Å². The van der Waals surface area contributed by atoms with E-state index < -0.39 is 47.2 Å². The first-order valence-electron chi connectivity index (χ1n) is 12.5. The van der Waals surface area contributed by atoms with Crippen LogP contribution in [0.25, 0.3) is 10.8 Å². The van der Waals surface area contributed by atoms with E-state index in [1.54, 1.807) is 37.3 Å². The van der Waals surface area contributed by atoms with Crippen LogP contribution in [0.2, 0.25) is 0 Å². The summed E-state index contributed by atoms with van der Waals surface area (Å²) in [6.07, 6.45) is -3.21. The van der Waals surface area contributed by atoms with Crippen molar-refractivity contribution < 1.29 is 41.4 Å². The Morgan fingerprint density at radius 3 is 2.26 bits per heavy atom. The highest BCUT2D eigenvalue weighted by Gasteiger charge is 2.39. The SMILES string of the molecule is CCCCC(CC)(NC(=O)c1ccc2ccccc2c1OCc1ccc(C(F)(F)F)cc1C(C)(F)F)C(=O)O. The van der Waals surface area contributed by atoms with E-state index in [-0.39, 0.29) is 29.7 Å². The summed E-state index contributed by atoms with van der Waals surface area (Å²) in [5, 5.41) is 13.7. The summed E-state index contributed by atoms with van der Waals surface area (Å²) >= 11 is 0. The van der Waals surface area contributed by atoms with Crippen molar-refractivity contribution in [2.45, 2.75) is 70.7 Å². The Bertz CT molecular complexity index is 1350. The molecule has 0 bridgehead atoms. The molecule has 0 aliphatic carbocycles. The maximum Gasteiger partial charge on any atom is 0.416 e. The molecule has 39 heavy (non-hydrogen) atoms. The summed E-state index contributed by atoms with van der Waals surface area (Å²) in [5.74, 6) is -5.51. The zero-order chi connectivity index (χ0) is 29.0. The molecule has 5 nitrogen and oxygen atoms in total. The van der Waals surface area contributed by atoms with Crippen LogP contribution in [0.1, 0.15) is 73.5 Å². The van der Waals surface area contributed by atoms with Crippen molar-refractivity contribution >= 4 is 22.6 Å². The number of hydrogen-bond donors (Lipinski definition) is 2. The number of benzene rings is 3. The number of carboxylic acid groups (broad SMARTS) is 1. The Balaban J connectivity index is 2.06. The number of carboxylic acids is 1. The molecule has 0 aromatic heterocycles. The monoisotopic (exact) mass is 551 g/mol. The number of carbonyl (C=O) groups excluding carboxylic acids is 1. The molecule has 10 heteroatoms. The summed E-state index contributed by atoms with van der Waals surface area (Å²) in [6.45, 7) is 3.49. The van der Waals surface area contributed by atoms with E-state index >= 15 is 0 Å². The molecule has 3 aromatic carbocycles. The lowest BCUT2D eigenvalue weighted by molar-refractivity contribution is -0.145. The Kier molecular flexibility index (Phi) is 8.87. The Morgan fingerprint density at radius 2 is 1.67 bits per heavy atom. The van der Waals surface area contributed by atoms with Crippen molar-refractivity contribution in [1.29, 1.82) is 0 Å². The predicted molar refractivity (Wildman–Crippen MR) is 137 cm³/mol. The van der Waals surface area contributed by atoms with Gasteiger partial charge >= 0.3 is 12.1 Å². The molecule has 1 unspecified atom stereocenters. The number of halogens is 5. The molecule has 2 N–H and O–H groups in total. The van der Waals surface area contributed by atoms with Crippen LogP contribution < -0.4 is 10.1 Å². The molecular weight excluding hydrogens is 521 g/mol. The zero-order valence-electron chi connectivity index (χ0n) is 21.8. The molecule has 210 valence electrons. The summed E-state index contributed by atoms with van der Waals surface area (Å²) < 4.78 is 74.1. The van der Waals surface area contributed by atoms with Crippen molar-refractivity contribution in [2.75, 3.05) is 0 Å². The second kappa shape index (κ2) is 11.6. The minimum absolute atomic E-state index is 0.00162. The second-order valence-electron chi connectivity index (χ2n) is 9.51. The topological polar surface area (TPSA) is 75.6 Å². The molecule has 0 aliphatic rings. The number of unbranched alkanes of at least 4 members (excludes halogenated alkanes) is 1. The molecule has 3 aromatic rings. The van der Waals surface area contributed by atoms with E-state index in [4.69, 9.17) is 4.74 Å². The average molecular weight is 552 g/mol. The third kappa shape index (κ3) is 6.66. The fourth-order valence-electron chi connectivity index (χ4n) is 4.42. The third-order valence-corrected chi connectivity index (χ3v) is 6.73. The number of hydrogen-bond acceptors (Lipinski definition) is 3. The predicted octanol–water partition coefficient (Wildman–Crippen LogP) is 7.70. The molecule has 0 saturated carbocycles. The van der Waals surface area contributed by atoms with E-state index in [0.29, 0.717) is 42.7 Å². The lowest BCUT2D eigenvalue weighted by Crippen LogP contribution is -2.54. The van der Waals surface area contributed by atoms with Crippen molar-refractivity contribution in [3.63, 3.8) is 0 Å². The van der Waals surface area contributed by atoms with E-state index in [1.807, 2.05) is 6.92 Å². The number of nitrogens with one attached hydrogen (secondary N) is 1. The van der Waals surface area contributed by atoms with Crippen LogP contribution in [0, 0.1) is 0 Å². The van der Waals surface area contributed by atoms with Crippen LogP contribution in [-0.2, 0) is 23.5 Å². The number of amides is 1. The van der Waals surface area contributed by atoms with E-state index in [2.05, 4.69) is 5.32 Å². The van der Waals surface area contributed by atoms with Crippen LogP contribution in [0.5, 0.6) is 5.75 Å². The van der Waals surface area contributed by atoms with Gasteiger partial charge in [0.2, 0.25) is 0 Å². The Morgan fingerprint density at radius 1 is 0.974 bits per heavy atom. The lowest BCUT2D eigenvalue weighted by Gasteiger charge is -2.30. The fraction of sp³-hybridized carbons (Fsp3) is 0.379. The molecule has 0 spiro atoms. The second-order valence-corrected chi connectivity index (χ2v) is 9.51. The molecule has 0 saturated heterocycles. The van der Waals surface area contributed by atoms with E-state index in [9.17, 15) is 36.6 Å². The highest BCUT2D eigenvalue weighted by molar-refractivity contribution is 6.05. The van der Waals surface area contributed by atoms with Gasteiger partial charge in [-0.1, -0.05) is 63.1 Å². The van der Waals surface area contributed by atoms with Crippen LogP contribution >= 0.6 is 0 Å².